The second-order valence-corrected chi connectivity index (χ2v) is 6.45. The Morgan fingerprint density at radius 3 is 2.96 bits per heavy atom. The van der Waals surface area contributed by atoms with Crippen LogP contribution in [0.25, 0.3) is 22.1 Å². The first-order chi connectivity index (χ1) is 11.3. The minimum absolute atomic E-state index is 0.443. The predicted octanol–water partition coefficient (Wildman–Crippen LogP) is 3.76. The smallest absolute Gasteiger partial charge is 0.246 e. The normalized spacial score (nSPS) is 11.0. The van der Waals surface area contributed by atoms with E-state index in [4.69, 9.17) is 16.1 Å². The molecule has 0 aliphatic carbocycles. The molecule has 0 saturated carbocycles. The Balaban J connectivity index is 1.60. The topological polar surface area (TPSA) is 69.6 Å². The maximum Gasteiger partial charge on any atom is 0.246 e. The molecule has 0 N–H and O–H groups in total. The van der Waals surface area contributed by atoms with Gasteiger partial charge in [0.15, 0.2) is 5.82 Å². The highest BCUT2D eigenvalue weighted by atomic mass is 35.5. The van der Waals surface area contributed by atoms with Crippen molar-refractivity contribution in [1.82, 2.24) is 24.7 Å². The van der Waals surface area contributed by atoms with Crippen molar-refractivity contribution in [3.05, 3.63) is 59.3 Å². The molecule has 0 bridgehead atoms. The lowest BCUT2D eigenvalue weighted by atomic mass is 10.3. The summed E-state index contributed by atoms with van der Waals surface area (Å²) in [4.78, 5) is 13.8. The lowest BCUT2D eigenvalue weighted by molar-refractivity contribution is 0.372. The Kier molecular flexibility index (Phi) is 3.64. The van der Waals surface area contributed by atoms with Gasteiger partial charge in [-0.3, -0.25) is 4.98 Å². The lowest BCUT2D eigenvalue weighted by Crippen LogP contribution is -2.00. The summed E-state index contributed by atoms with van der Waals surface area (Å²) in [5, 5.41) is 4.00. The zero-order valence-electron chi connectivity index (χ0n) is 11.8. The van der Waals surface area contributed by atoms with Crippen LogP contribution < -0.4 is 0 Å². The van der Waals surface area contributed by atoms with Gasteiger partial charge in [-0.05, 0) is 24.3 Å². The third kappa shape index (κ3) is 2.88. The molecule has 0 atom stereocenters. The molecule has 6 nitrogen and oxygen atoms in total. The second-order valence-electron chi connectivity index (χ2n) is 4.74. The molecule has 4 rings (SSSR count). The largest absolute Gasteiger partial charge is 0.337 e. The molecule has 0 fully saturated rings. The fourth-order valence-corrected chi connectivity index (χ4v) is 3.23. The number of nitrogens with zero attached hydrogens (tertiary/aromatic N) is 5. The molecule has 4 aromatic heterocycles. The predicted molar refractivity (Wildman–Crippen MR) is 87.2 cm³/mol. The van der Waals surface area contributed by atoms with E-state index in [1.807, 2.05) is 35.0 Å². The minimum Gasteiger partial charge on any atom is -0.337 e. The minimum atomic E-state index is 0.443. The van der Waals surface area contributed by atoms with Gasteiger partial charge in [0.05, 0.1) is 9.21 Å². The first-order valence-electron chi connectivity index (χ1n) is 6.79. The summed E-state index contributed by atoms with van der Waals surface area (Å²) in [7, 11) is 0. The molecule has 4 heterocycles. The van der Waals surface area contributed by atoms with E-state index in [0.717, 1.165) is 20.6 Å². The van der Waals surface area contributed by atoms with Gasteiger partial charge in [0.1, 0.15) is 6.54 Å². The number of hydrogen-bond acceptors (Lipinski definition) is 6. The van der Waals surface area contributed by atoms with Crippen LogP contribution in [0.2, 0.25) is 4.34 Å². The van der Waals surface area contributed by atoms with Crippen molar-refractivity contribution in [3.8, 4) is 22.1 Å². The molecule has 0 radical (unpaired) electrons. The summed E-state index contributed by atoms with van der Waals surface area (Å²) in [6.45, 7) is 0.443. The third-order valence-electron chi connectivity index (χ3n) is 3.20. The third-order valence-corrected chi connectivity index (χ3v) is 4.43. The summed E-state index contributed by atoms with van der Waals surface area (Å²) >= 11 is 7.48. The van der Waals surface area contributed by atoms with Gasteiger partial charge in [-0.15, -0.1) is 11.3 Å². The van der Waals surface area contributed by atoms with Crippen LogP contribution in [0, 0.1) is 0 Å². The highest BCUT2D eigenvalue weighted by Crippen LogP contribution is 2.30. The Morgan fingerprint density at radius 2 is 2.17 bits per heavy atom. The molecular weight excluding hydrogens is 334 g/mol. The Hall–Kier alpha value is -2.51. The van der Waals surface area contributed by atoms with E-state index in [-0.39, 0.29) is 0 Å². The number of aromatic nitrogens is 5. The van der Waals surface area contributed by atoms with Crippen LogP contribution in [0.15, 0.2) is 53.6 Å². The standard InChI is InChI=1S/C15H10ClN5OS/c16-12-4-3-11(23-12)15-18-6-7-21(15)9-13-19-14(20-22-13)10-2-1-5-17-8-10/h1-8H,9H2. The van der Waals surface area contributed by atoms with Gasteiger partial charge in [-0.25, -0.2) is 4.98 Å². The number of thiophene rings is 1. The summed E-state index contributed by atoms with van der Waals surface area (Å²) < 4.78 is 8.00. The van der Waals surface area contributed by atoms with Crippen molar-refractivity contribution >= 4 is 22.9 Å². The first kappa shape index (κ1) is 14.1. The molecule has 0 aliphatic rings. The number of rotatable bonds is 4. The second kappa shape index (κ2) is 5.94. The van der Waals surface area contributed by atoms with E-state index >= 15 is 0 Å². The van der Waals surface area contributed by atoms with E-state index in [2.05, 4.69) is 20.1 Å². The maximum absolute atomic E-state index is 6.00. The highest BCUT2D eigenvalue weighted by molar-refractivity contribution is 7.19. The van der Waals surface area contributed by atoms with Gasteiger partial charge in [0.25, 0.3) is 0 Å². The average Bonchev–Trinajstić information content (AvgIpc) is 3.29. The highest BCUT2D eigenvalue weighted by Gasteiger charge is 2.13. The molecule has 0 amide bonds. The van der Waals surface area contributed by atoms with Crippen molar-refractivity contribution in [2.24, 2.45) is 0 Å². The van der Waals surface area contributed by atoms with Crippen LogP contribution >= 0.6 is 22.9 Å². The average molecular weight is 344 g/mol. The van der Waals surface area contributed by atoms with E-state index < -0.39 is 0 Å². The van der Waals surface area contributed by atoms with Crippen molar-refractivity contribution < 1.29 is 4.52 Å². The molecule has 23 heavy (non-hydrogen) atoms. The van der Waals surface area contributed by atoms with Crippen LogP contribution in [0.1, 0.15) is 5.89 Å². The summed E-state index contributed by atoms with van der Waals surface area (Å²) in [6.07, 6.45) is 7.01. The monoisotopic (exact) mass is 343 g/mol. The molecule has 0 spiro atoms. The molecule has 4 aromatic rings. The van der Waals surface area contributed by atoms with Crippen LogP contribution in [0.3, 0.4) is 0 Å². The molecule has 0 saturated heterocycles. The van der Waals surface area contributed by atoms with E-state index in [0.29, 0.717) is 18.3 Å². The SMILES string of the molecule is Clc1ccc(-c2nccn2Cc2nc(-c3cccnc3)no2)s1. The summed E-state index contributed by atoms with van der Waals surface area (Å²) in [5.41, 5.74) is 0.818. The van der Waals surface area contributed by atoms with Crippen LogP contribution in [0.4, 0.5) is 0 Å². The van der Waals surface area contributed by atoms with Crippen molar-refractivity contribution in [2.45, 2.75) is 6.54 Å². The maximum atomic E-state index is 6.00. The zero-order chi connectivity index (χ0) is 15.6. The van der Waals surface area contributed by atoms with E-state index in [1.165, 1.54) is 11.3 Å². The Bertz CT molecular complexity index is 930. The molecule has 0 aliphatic heterocycles. The fourth-order valence-electron chi connectivity index (χ4n) is 2.17. The zero-order valence-corrected chi connectivity index (χ0v) is 13.3. The first-order valence-corrected chi connectivity index (χ1v) is 7.99. The molecular formula is C15H10ClN5OS. The number of imidazole rings is 1. The van der Waals surface area contributed by atoms with Gasteiger partial charge in [0, 0.05) is 30.4 Å². The van der Waals surface area contributed by atoms with Gasteiger partial charge in [-0.1, -0.05) is 16.8 Å². The van der Waals surface area contributed by atoms with E-state index in [9.17, 15) is 0 Å². The summed E-state index contributed by atoms with van der Waals surface area (Å²) in [6, 6.07) is 7.52. The Labute approximate surface area is 140 Å². The molecule has 0 unspecified atom stereocenters. The molecule has 114 valence electrons. The van der Waals surface area contributed by atoms with Gasteiger partial charge in [0.2, 0.25) is 11.7 Å². The van der Waals surface area contributed by atoms with Crippen LogP contribution in [-0.4, -0.2) is 24.7 Å². The van der Waals surface area contributed by atoms with Gasteiger partial charge >= 0.3 is 0 Å². The molecule has 0 aromatic carbocycles. The lowest BCUT2D eigenvalue weighted by Gasteiger charge is -2.02. The quantitative estimate of drug-likeness (QED) is 0.564. The fraction of sp³-hybridized carbons (Fsp3) is 0.0667. The van der Waals surface area contributed by atoms with E-state index in [1.54, 1.807) is 18.6 Å². The van der Waals surface area contributed by atoms with Gasteiger partial charge < -0.3 is 9.09 Å². The van der Waals surface area contributed by atoms with Crippen LogP contribution in [0.5, 0.6) is 0 Å². The molecule has 8 heteroatoms. The van der Waals surface area contributed by atoms with Crippen molar-refractivity contribution in [1.29, 1.82) is 0 Å². The Morgan fingerprint density at radius 1 is 1.22 bits per heavy atom. The van der Waals surface area contributed by atoms with Crippen LogP contribution in [-0.2, 0) is 6.54 Å². The summed E-state index contributed by atoms with van der Waals surface area (Å²) in [5.74, 6) is 1.85. The van der Waals surface area contributed by atoms with Crippen molar-refractivity contribution in [2.75, 3.05) is 0 Å². The number of pyridine rings is 1. The number of hydrogen-bond donors (Lipinski definition) is 0. The van der Waals surface area contributed by atoms with Crippen molar-refractivity contribution in [3.63, 3.8) is 0 Å². The van der Waals surface area contributed by atoms with Gasteiger partial charge in [-0.2, -0.15) is 4.98 Å². The number of halogens is 1.